The van der Waals surface area contributed by atoms with Crippen molar-refractivity contribution in [1.82, 2.24) is 5.32 Å². The van der Waals surface area contributed by atoms with Crippen LogP contribution in [0, 0.1) is 0 Å². The molecule has 1 aromatic carbocycles. The van der Waals surface area contributed by atoms with Crippen LogP contribution in [0.1, 0.15) is 25.0 Å². The average Bonchev–Trinajstić information content (AvgIpc) is 2.47. The van der Waals surface area contributed by atoms with Crippen molar-refractivity contribution in [2.24, 2.45) is 0 Å². The average molecular weight is 293 g/mol. The van der Waals surface area contributed by atoms with Gasteiger partial charge in [-0.3, -0.25) is 4.79 Å². The summed E-state index contributed by atoms with van der Waals surface area (Å²) in [7, 11) is 0. The van der Waals surface area contributed by atoms with Gasteiger partial charge < -0.3 is 10.1 Å². The Balaban J connectivity index is 2.97. The van der Waals surface area contributed by atoms with E-state index in [4.69, 9.17) is 4.74 Å². The molecular formula is C15H19NO3S. The topological polar surface area (TPSA) is 55.4 Å². The van der Waals surface area contributed by atoms with E-state index in [0.29, 0.717) is 0 Å². The summed E-state index contributed by atoms with van der Waals surface area (Å²) in [6.07, 6.45) is 4.22. The number of nitrogens with one attached hydrogen (secondary N) is 1. The number of carbonyl (C=O) groups is 2. The Morgan fingerprint density at radius 1 is 1.25 bits per heavy atom. The summed E-state index contributed by atoms with van der Waals surface area (Å²) in [5, 5.41) is 2.24. The molecule has 0 aliphatic carbocycles. The Kier molecular flexibility index (Phi) is 6.87. The molecule has 0 atom stereocenters. The largest absolute Gasteiger partial charge is 0.461 e. The predicted octanol–water partition coefficient (Wildman–Crippen LogP) is 3.23. The molecule has 5 heteroatoms. The minimum absolute atomic E-state index is 0.149. The van der Waals surface area contributed by atoms with Crippen LogP contribution in [0.15, 0.2) is 30.0 Å². The third-order valence-corrected chi connectivity index (χ3v) is 3.09. The molecule has 0 saturated carbocycles. The van der Waals surface area contributed by atoms with Crippen molar-refractivity contribution in [1.29, 1.82) is 0 Å². The molecule has 0 aliphatic rings. The normalized spacial score (nSPS) is 11.1. The zero-order valence-corrected chi connectivity index (χ0v) is 12.8. The van der Waals surface area contributed by atoms with Crippen LogP contribution in [0.2, 0.25) is 0 Å². The Labute approximate surface area is 123 Å². The molecule has 20 heavy (non-hydrogen) atoms. The summed E-state index contributed by atoms with van der Waals surface area (Å²) in [6.45, 7) is 4.07. The molecule has 0 radical (unpaired) electrons. The Bertz CT molecular complexity index is 494. The van der Waals surface area contributed by atoms with Gasteiger partial charge in [-0.25, -0.2) is 4.79 Å². The highest BCUT2D eigenvalue weighted by Crippen LogP contribution is 2.10. The van der Waals surface area contributed by atoms with Crippen LogP contribution < -0.4 is 5.32 Å². The van der Waals surface area contributed by atoms with Crippen molar-refractivity contribution < 1.29 is 14.3 Å². The number of ether oxygens (including phenoxy) is 1. The molecule has 0 heterocycles. The number of hydrogen-bond donors (Lipinski definition) is 1. The monoisotopic (exact) mass is 293 g/mol. The maximum atomic E-state index is 11.8. The van der Waals surface area contributed by atoms with Crippen LogP contribution in [0.25, 0.3) is 6.08 Å². The van der Waals surface area contributed by atoms with Crippen molar-refractivity contribution in [2.45, 2.75) is 20.3 Å². The van der Waals surface area contributed by atoms with Gasteiger partial charge >= 0.3 is 5.97 Å². The van der Waals surface area contributed by atoms with Gasteiger partial charge in [0.1, 0.15) is 5.70 Å². The van der Waals surface area contributed by atoms with Gasteiger partial charge in [-0.05, 0) is 36.8 Å². The van der Waals surface area contributed by atoms with Crippen molar-refractivity contribution in [3.63, 3.8) is 0 Å². The zero-order valence-electron chi connectivity index (χ0n) is 11.9. The van der Waals surface area contributed by atoms with Crippen molar-refractivity contribution >= 4 is 29.0 Å². The second-order valence-electron chi connectivity index (χ2n) is 3.99. The van der Waals surface area contributed by atoms with E-state index in [9.17, 15) is 9.59 Å². The summed E-state index contributed by atoms with van der Waals surface area (Å²) in [5.41, 5.74) is 2.20. The quantitative estimate of drug-likeness (QED) is 0.669. The number of benzene rings is 1. The molecule has 0 aromatic heterocycles. The van der Waals surface area contributed by atoms with E-state index in [1.807, 2.05) is 24.3 Å². The van der Waals surface area contributed by atoms with Crippen molar-refractivity contribution in [3.05, 3.63) is 41.1 Å². The van der Waals surface area contributed by atoms with Crippen LogP contribution in [-0.4, -0.2) is 24.1 Å². The van der Waals surface area contributed by atoms with Gasteiger partial charge in [0.15, 0.2) is 0 Å². The maximum Gasteiger partial charge on any atom is 0.354 e. The lowest BCUT2D eigenvalue weighted by Crippen LogP contribution is -2.25. The highest BCUT2D eigenvalue weighted by atomic mass is 32.2. The maximum absolute atomic E-state index is 11.8. The van der Waals surface area contributed by atoms with Crippen molar-refractivity contribution in [2.75, 3.05) is 12.9 Å². The Morgan fingerprint density at radius 2 is 1.90 bits per heavy atom. The second-order valence-corrected chi connectivity index (χ2v) is 4.77. The SMILES string of the molecule is CCOC(=O)/C(=C/c1ccc(CC)cc1)NC(=O)SC. The first-order chi connectivity index (χ1) is 9.60. The van der Waals surface area contributed by atoms with Gasteiger partial charge in [0.25, 0.3) is 5.24 Å². The van der Waals surface area contributed by atoms with Crippen LogP contribution >= 0.6 is 11.8 Å². The minimum Gasteiger partial charge on any atom is -0.461 e. The number of esters is 1. The third kappa shape index (κ3) is 5.09. The van der Waals surface area contributed by atoms with E-state index in [0.717, 1.165) is 23.7 Å². The number of aryl methyl sites for hydroxylation is 1. The molecule has 108 valence electrons. The smallest absolute Gasteiger partial charge is 0.354 e. The van der Waals surface area contributed by atoms with Gasteiger partial charge in [-0.2, -0.15) is 0 Å². The molecule has 1 amide bonds. The number of rotatable bonds is 5. The first kappa shape index (κ1) is 16.3. The van der Waals surface area contributed by atoms with E-state index in [-0.39, 0.29) is 17.5 Å². The fraction of sp³-hybridized carbons (Fsp3) is 0.333. The fourth-order valence-corrected chi connectivity index (χ4v) is 1.74. The Morgan fingerprint density at radius 3 is 2.40 bits per heavy atom. The number of carbonyl (C=O) groups excluding carboxylic acids is 2. The molecule has 0 bridgehead atoms. The van der Waals surface area contributed by atoms with Gasteiger partial charge in [-0.1, -0.05) is 43.0 Å². The summed E-state index contributed by atoms with van der Waals surface area (Å²) < 4.78 is 4.94. The Hall–Kier alpha value is -1.75. The summed E-state index contributed by atoms with van der Waals surface area (Å²) in [4.78, 5) is 23.2. The van der Waals surface area contributed by atoms with E-state index in [1.165, 1.54) is 5.56 Å². The van der Waals surface area contributed by atoms with Crippen LogP contribution in [0.3, 0.4) is 0 Å². The fourth-order valence-electron chi connectivity index (χ4n) is 1.53. The highest BCUT2D eigenvalue weighted by Gasteiger charge is 2.13. The van der Waals surface area contributed by atoms with E-state index < -0.39 is 5.97 Å². The molecule has 1 N–H and O–H groups in total. The van der Waals surface area contributed by atoms with Gasteiger partial charge in [0, 0.05) is 0 Å². The van der Waals surface area contributed by atoms with Crippen LogP contribution in [0.5, 0.6) is 0 Å². The molecule has 4 nitrogen and oxygen atoms in total. The minimum atomic E-state index is -0.533. The third-order valence-electron chi connectivity index (χ3n) is 2.62. The summed E-state index contributed by atoms with van der Waals surface area (Å²) >= 11 is 1.01. The van der Waals surface area contributed by atoms with Gasteiger partial charge in [0.2, 0.25) is 0 Å². The summed E-state index contributed by atoms with van der Waals surface area (Å²) in [5.74, 6) is -0.533. The van der Waals surface area contributed by atoms with Crippen molar-refractivity contribution in [3.8, 4) is 0 Å². The molecular weight excluding hydrogens is 274 g/mol. The summed E-state index contributed by atoms with van der Waals surface area (Å²) in [6, 6.07) is 7.79. The number of thioether (sulfide) groups is 1. The lowest BCUT2D eigenvalue weighted by Gasteiger charge is -2.08. The molecule has 0 spiro atoms. The van der Waals surface area contributed by atoms with Gasteiger partial charge in [-0.15, -0.1) is 0 Å². The molecule has 0 aliphatic heterocycles. The second kappa shape index (κ2) is 8.43. The molecule has 0 saturated heterocycles. The number of hydrogen-bond acceptors (Lipinski definition) is 4. The lowest BCUT2D eigenvalue weighted by atomic mass is 10.1. The standard InChI is InChI=1S/C15H19NO3S/c1-4-11-6-8-12(9-7-11)10-13(14(17)19-5-2)16-15(18)20-3/h6-10H,4-5H2,1-3H3,(H,16,18)/b13-10-. The van der Waals surface area contributed by atoms with E-state index >= 15 is 0 Å². The molecule has 0 fully saturated rings. The van der Waals surface area contributed by atoms with E-state index in [2.05, 4.69) is 12.2 Å². The van der Waals surface area contributed by atoms with E-state index in [1.54, 1.807) is 19.3 Å². The highest BCUT2D eigenvalue weighted by molar-refractivity contribution is 8.13. The molecule has 1 rings (SSSR count). The van der Waals surface area contributed by atoms with Crippen LogP contribution in [-0.2, 0) is 16.0 Å². The first-order valence-electron chi connectivity index (χ1n) is 6.43. The first-order valence-corrected chi connectivity index (χ1v) is 7.65. The van der Waals surface area contributed by atoms with Gasteiger partial charge in [0.05, 0.1) is 6.61 Å². The number of amides is 1. The lowest BCUT2D eigenvalue weighted by molar-refractivity contribution is -0.138. The zero-order chi connectivity index (χ0) is 15.0. The molecule has 0 unspecified atom stereocenters. The predicted molar refractivity (Wildman–Crippen MR) is 82.5 cm³/mol. The van der Waals surface area contributed by atoms with Crippen LogP contribution in [0.4, 0.5) is 4.79 Å². The molecule has 1 aromatic rings.